The zero-order chi connectivity index (χ0) is 14.4. The van der Waals surface area contributed by atoms with Crippen LogP contribution in [0.5, 0.6) is 0 Å². The summed E-state index contributed by atoms with van der Waals surface area (Å²) >= 11 is 0. The number of hydrogen-bond donors (Lipinski definition) is 3. The van der Waals surface area contributed by atoms with E-state index in [2.05, 4.69) is 0 Å². The van der Waals surface area contributed by atoms with Crippen LogP contribution in [0, 0.1) is 5.82 Å². The largest absolute Gasteiger partial charge is 0.481 e. The predicted molar refractivity (Wildman–Crippen MR) is 61.9 cm³/mol. The summed E-state index contributed by atoms with van der Waals surface area (Å²) in [5.41, 5.74) is 0.111. The maximum atomic E-state index is 13.3. The number of hydrogen-bond acceptors (Lipinski definition) is 3. The monoisotopic (exact) mass is 269 g/mol. The first-order chi connectivity index (χ1) is 8.90. The minimum absolute atomic E-state index is 0.111. The van der Waals surface area contributed by atoms with Crippen LogP contribution in [0.2, 0.25) is 0 Å². The Morgan fingerprint density at radius 2 is 1.84 bits per heavy atom. The van der Waals surface area contributed by atoms with Crippen molar-refractivity contribution in [2.75, 3.05) is 0 Å². The summed E-state index contributed by atoms with van der Waals surface area (Å²) in [5, 5.41) is 19.3. The Balaban J connectivity index is 2.65. The predicted octanol–water partition coefficient (Wildman–Crippen LogP) is 0.412. The number of carbonyl (C=O) groups is 3. The molecule has 6 nitrogen and oxygen atoms in total. The van der Waals surface area contributed by atoms with Crippen LogP contribution < -0.4 is 5.32 Å². The Morgan fingerprint density at radius 1 is 1.21 bits per heavy atom. The van der Waals surface area contributed by atoms with Crippen LogP contribution in [0.3, 0.4) is 0 Å². The Labute approximate surface area is 107 Å². The SMILES string of the molecule is O=C(O)CC(NC(=O)Cc1ccccc1F)C(=O)O. The lowest BCUT2D eigenvalue weighted by Crippen LogP contribution is -2.42. The quantitative estimate of drug-likeness (QED) is 0.694. The topological polar surface area (TPSA) is 104 Å². The molecule has 0 heterocycles. The standard InChI is InChI=1S/C12H12FNO5/c13-8-4-2-1-3-7(8)5-10(15)14-9(12(18)19)6-11(16)17/h1-4,9H,5-6H2,(H,14,15)(H,16,17)(H,18,19). The van der Waals surface area contributed by atoms with Gasteiger partial charge in [-0.25, -0.2) is 9.18 Å². The summed E-state index contributed by atoms with van der Waals surface area (Å²) in [6.45, 7) is 0. The van der Waals surface area contributed by atoms with Crippen molar-refractivity contribution in [1.29, 1.82) is 0 Å². The van der Waals surface area contributed by atoms with Gasteiger partial charge in [0.1, 0.15) is 11.9 Å². The molecule has 1 aromatic rings. The number of carboxylic acid groups (broad SMARTS) is 2. The van der Waals surface area contributed by atoms with Gasteiger partial charge in [-0.2, -0.15) is 0 Å². The van der Waals surface area contributed by atoms with Gasteiger partial charge in [-0.15, -0.1) is 0 Å². The average molecular weight is 269 g/mol. The van der Waals surface area contributed by atoms with E-state index >= 15 is 0 Å². The number of rotatable bonds is 6. The van der Waals surface area contributed by atoms with Crippen molar-refractivity contribution in [1.82, 2.24) is 5.32 Å². The summed E-state index contributed by atoms with van der Waals surface area (Å²) < 4.78 is 13.3. The zero-order valence-corrected chi connectivity index (χ0v) is 9.80. The molecule has 1 unspecified atom stereocenters. The van der Waals surface area contributed by atoms with E-state index in [9.17, 15) is 18.8 Å². The van der Waals surface area contributed by atoms with Crippen molar-refractivity contribution in [2.24, 2.45) is 0 Å². The van der Waals surface area contributed by atoms with Crippen LogP contribution in [0.1, 0.15) is 12.0 Å². The van der Waals surface area contributed by atoms with Crippen molar-refractivity contribution >= 4 is 17.8 Å². The summed E-state index contributed by atoms with van der Waals surface area (Å²) in [6.07, 6.45) is -1.09. The first-order valence-corrected chi connectivity index (χ1v) is 5.37. The van der Waals surface area contributed by atoms with Crippen molar-refractivity contribution in [2.45, 2.75) is 18.9 Å². The molecule has 102 valence electrons. The molecular formula is C12H12FNO5. The maximum Gasteiger partial charge on any atom is 0.326 e. The molecule has 7 heteroatoms. The van der Waals surface area contributed by atoms with Crippen LogP contribution in [0.4, 0.5) is 4.39 Å². The third-order valence-electron chi connectivity index (χ3n) is 2.32. The Hall–Kier alpha value is -2.44. The number of carbonyl (C=O) groups excluding carboxylic acids is 1. The molecule has 0 aliphatic carbocycles. The van der Waals surface area contributed by atoms with Gasteiger partial charge in [-0.1, -0.05) is 18.2 Å². The third-order valence-corrected chi connectivity index (χ3v) is 2.32. The summed E-state index contributed by atoms with van der Waals surface area (Å²) in [6, 6.07) is 4.03. The summed E-state index contributed by atoms with van der Waals surface area (Å²) in [4.78, 5) is 32.7. The van der Waals surface area contributed by atoms with Gasteiger partial charge in [0, 0.05) is 0 Å². The number of nitrogens with one attached hydrogen (secondary N) is 1. The fourth-order valence-electron chi connectivity index (χ4n) is 1.43. The molecule has 0 saturated heterocycles. The van der Waals surface area contributed by atoms with Crippen LogP contribution in [0.25, 0.3) is 0 Å². The van der Waals surface area contributed by atoms with Crippen molar-refractivity contribution in [3.8, 4) is 0 Å². The average Bonchev–Trinajstić information content (AvgIpc) is 2.30. The lowest BCUT2D eigenvalue weighted by molar-refractivity contribution is -0.147. The molecule has 1 aromatic carbocycles. The van der Waals surface area contributed by atoms with Gasteiger partial charge >= 0.3 is 11.9 Å². The molecule has 1 rings (SSSR count). The molecule has 0 bridgehead atoms. The molecule has 3 N–H and O–H groups in total. The second kappa shape index (κ2) is 6.48. The fourth-order valence-corrected chi connectivity index (χ4v) is 1.43. The van der Waals surface area contributed by atoms with E-state index in [1.54, 1.807) is 0 Å². The van der Waals surface area contributed by atoms with E-state index in [1.165, 1.54) is 24.3 Å². The second-order valence-electron chi connectivity index (χ2n) is 3.82. The summed E-state index contributed by atoms with van der Waals surface area (Å²) in [5.74, 6) is -4.13. The van der Waals surface area contributed by atoms with E-state index in [4.69, 9.17) is 10.2 Å². The van der Waals surface area contributed by atoms with Gasteiger partial charge in [0.15, 0.2) is 0 Å². The smallest absolute Gasteiger partial charge is 0.326 e. The minimum atomic E-state index is -1.53. The highest BCUT2D eigenvalue weighted by molar-refractivity contribution is 5.87. The van der Waals surface area contributed by atoms with E-state index in [-0.39, 0.29) is 12.0 Å². The molecular weight excluding hydrogens is 257 g/mol. The lowest BCUT2D eigenvalue weighted by atomic mass is 10.1. The van der Waals surface area contributed by atoms with E-state index in [0.717, 1.165) is 0 Å². The minimum Gasteiger partial charge on any atom is -0.481 e. The Kier molecular flexibility index (Phi) is 4.99. The van der Waals surface area contributed by atoms with Crippen LogP contribution >= 0.6 is 0 Å². The van der Waals surface area contributed by atoms with Gasteiger partial charge in [0.2, 0.25) is 5.91 Å². The number of carboxylic acids is 2. The van der Waals surface area contributed by atoms with Crippen LogP contribution in [-0.4, -0.2) is 34.1 Å². The zero-order valence-electron chi connectivity index (χ0n) is 9.80. The Morgan fingerprint density at radius 3 is 2.37 bits per heavy atom. The molecule has 0 radical (unpaired) electrons. The Bertz CT molecular complexity index is 503. The highest BCUT2D eigenvalue weighted by atomic mass is 19.1. The van der Waals surface area contributed by atoms with Crippen LogP contribution in [0.15, 0.2) is 24.3 Å². The molecule has 1 atom stereocenters. The number of aliphatic carboxylic acids is 2. The molecule has 0 aliphatic rings. The fraction of sp³-hybridized carbons (Fsp3) is 0.250. The van der Waals surface area contributed by atoms with Crippen molar-refractivity contribution < 1.29 is 29.0 Å². The molecule has 0 fully saturated rings. The van der Waals surface area contributed by atoms with E-state index in [1.807, 2.05) is 5.32 Å². The lowest BCUT2D eigenvalue weighted by Gasteiger charge is -2.12. The van der Waals surface area contributed by atoms with Gasteiger partial charge in [0.25, 0.3) is 0 Å². The number of benzene rings is 1. The van der Waals surface area contributed by atoms with Crippen molar-refractivity contribution in [3.63, 3.8) is 0 Å². The molecule has 1 amide bonds. The van der Waals surface area contributed by atoms with Crippen molar-refractivity contribution in [3.05, 3.63) is 35.6 Å². The molecule has 0 spiro atoms. The number of amides is 1. The van der Waals surface area contributed by atoms with Gasteiger partial charge in [-0.3, -0.25) is 9.59 Å². The third kappa shape index (κ3) is 4.74. The summed E-state index contributed by atoms with van der Waals surface area (Å²) in [7, 11) is 0. The van der Waals surface area contributed by atoms with Gasteiger partial charge in [0.05, 0.1) is 12.8 Å². The normalized spacial score (nSPS) is 11.6. The number of halogens is 1. The van der Waals surface area contributed by atoms with Crippen LogP contribution in [-0.2, 0) is 20.8 Å². The first kappa shape index (κ1) is 14.6. The first-order valence-electron chi connectivity index (χ1n) is 5.37. The maximum absolute atomic E-state index is 13.3. The van der Waals surface area contributed by atoms with Gasteiger partial charge < -0.3 is 15.5 Å². The second-order valence-corrected chi connectivity index (χ2v) is 3.82. The van der Waals surface area contributed by atoms with Gasteiger partial charge in [-0.05, 0) is 11.6 Å². The molecule has 19 heavy (non-hydrogen) atoms. The molecule has 0 aromatic heterocycles. The van der Waals surface area contributed by atoms with E-state index < -0.39 is 36.1 Å². The molecule has 0 aliphatic heterocycles. The highest BCUT2D eigenvalue weighted by Crippen LogP contribution is 2.07. The highest BCUT2D eigenvalue weighted by Gasteiger charge is 2.23. The van der Waals surface area contributed by atoms with E-state index in [0.29, 0.717) is 0 Å². The molecule has 0 saturated carbocycles.